The third-order valence-electron chi connectivity index (χ3n) is 4.79. The Morgan fingerprint density at radius 3 is 2.43 bits per heavy atom. The molecule has 0 unspecified atom stereocenters. The second kappa shape index (κ2) is 11.0. The van der Waals surface area contributed by atoms with Crippen LogP contribution in [-0.2, 0) is 21.2 Å². The van der Waals surface area contributed by atoms with E-state index in [1.165, 1.54) is 48.5 Å². The van der Waals surface area contributed by atoms with E-state index in [0.717, 1.165) is 0 Å². The normalized spacial score (nSPS) is 11.1. The molecule has 0 aliphatic carbocycles. The van der Waals surface area contributed by atoms with Gasteiger partial charge >= 0.3 is 5.97 Å². The van der Waals surface area contributed by atoms with E-state index < -0.39 is 21.9 Å². The zero-order chi connectivity index (χ0) is 25.8. The topological polar surface area (TPSA) is 122 Å². The van der Waals surface area contributed by atoms with Gasteiger partial charge in [0.2, 0.25) is 0 Å². The van der Waals surface area contributed by atoms with Crippen LogP contribution >= 0.6 is 23.2 Å². The van der Waals surface area contributed by atoms with Gasteiger partial charge in [-0.15, -0.1) is 0 Å². The van der Waals surface area contributed by atoms with Crippen molar-refractivity contribution in [2.45, 2.75) is 25.2 Å². The maximum absolute atomic E-state index is 13.1. The maximum atomic E-state index is 13.1. The number of aliphatic carboxylic acids is 1. The van der Waals surface area contributed by atoms with Crippen LogP contribution in [0.4, 0.5) is 5.69 Å². The summed E-state index contributed by atoms with van der Waals surface area (Å²) in [5, 5.41) is 12.3. The minimum Gasteiger partial charge on any atom is -0.481 e. The van der Waals surface area contributed by atoms with E-state index in [4.69, 9.17) is 33.0 Å². The van der Waals surface area contributed by atoms with Crippen molar-refractivity contribution in [2.75, 3.05) is 11.3 Å². The summed E-state index contributed by atoms with van der Waals surface area (Å²) in [6.07, 6.45) is -0.277. The van der Waals surface area contributed by atoms with Crippen LogP contribution in [0.3, 0.4) is 0 Å². The standard InChI is InChI=1S/C24H22Cl2N2O6S/c1-3-27-24(31)16-5-7-22(34-18-9-15(10-23(29)30)8-17(25)12-18)21(11-16)28-35(32,33)19-6-4-14(2)20(26)13-19/h4-9,11-13,28H,3,10H2,1-2H3,(H,27,31)(H,29,30). The average molecular weight is 537 g/mol. The minimum absolute atomic E-state index is 0.00906. The largest absolute Gasteiger partial charge is 0.481 e. The van der Waals surface area contributed by atoms with Crippen LogP contribution in [0.2, 0.25) is 10.0 Å². The number of ether oxygens (including phenoxy) is 1. The number of carbonyl (C=O) groups is 2. The number of sulfonamides is 1. The predicted octanol–water partition coefficient (Wildman–Crippen LogP) is 5.27. The zero-order valence-electron chi connectivity index (χ0n) is 18.8. The highest BCUT2D eigenvalue weighted by molar-refractivity contribution is 7.92. The summed E-state index contributed by atoms with van der Waals surface area (Å²) in [6.45, 7) is 3.89. The van der Waals surface area contributed by atoms with E-state index in [-0.39, 0.29) is 44.1 Å². The van der Waals surface area contributed by atoms with Crippen molar-refractivity contribution in [3.63, 3.8) is 0 Å². The van der Waals surface area contributed by atoms with E-state index in [2.05, 4.69) is 10.0 Å². The Balaban J connectivity index is 2.03. The lowest BCUT2D eigenvalue weighted by atomic mass is 10.1. The molecule has 0 bridgehead atoms. The summed E-state index contributed by atoms with van der Waals surface area (Å²) < 4.78 is 34.5. The Bertz CT molecular complexity index is 1390. The number of amides is 1. The number of nitrogens with one attached hydrogen (secondary N) is 2. The van der Waals surface area contributed by atoms with Gasteiger partial charge in [-0.25, -0.2) is 8.42 Å². The van der Waals surface area contributed by atoms with Gasteiger partial charge in [0.15, 0.2) is 5.75 Å². The minimum atomic E-state index is -4.10. The van der Waals surface area contributed by atoms with Gasteiger partial charge in [0.25, 0.3) is 15.9 Å². The maximum Gasteiger partial charge on any atom is 0.307 e. The molecule has 0 heterocycles. The predicted molar refractivity (Wildman–Crippen MR) is 134 cm³/mol. The van der Waals surface area contributed by atoms with E-state index in [1.807, 2.05) is 0 Å². The van der Waals surface area contributed by atoms with Crippen molar-refractivity contribution < 1.29 is 27.9 Å². The second-order valence-corrected chi connectivity index (χ2v) is 10.1. The van der Waals surface area contributed by atoms with Gasteiger partial charge in [0.1, 0.15) is 5.75 Å². The van der Waals surface area contributed by atoms with Gasteiger partial charge in [0.05, 0.1) is 17.0 Å². The zero-order valence-corrected chi connectivity index (χ0v) is 21.1. The molecule has 0 radical (unpaired) electrons. The van der Waals surface area contributed by atoms with Crippen LogP contribution in [0.15, 0.2) is 59.5 Å². The van der Waals surface area contributed by atoms with Crippen LogP contribution in [0.5, 0.6) is 11.5 Å². The lowest BCUT2D eigenvalue weighted by molar-refractivity contribution is -0.136. The van der Waals surface area contributed by atoms with Gasteiger partial charge in [-0.2, -0.15) is 0 Å². The van der Waals surface area contributed by atoms with Crippen molar-refractivity contribution in [1.82, 2.24) is 5.32 Å². The van der Waals surface area contributed by atoms with Crippen molar-refractivity contribution in [2.24, 2.45) is 0 Å². The molecule has 0 atom stereocenters. The van der Waals surface area contributed by atoms with Crippen LogP contribution in [0.1, 0.15) is 28.4 Å². The molecule has 0 aliphatic heterocycles. The first-order valence-electron chi connectivity index (χ1n) is 10.4. The van der Waals surface area contributed by atoms with Crippen molar-refractivity contribution in [1.29, 1.82) is 0 Å². The first kappa shape index (κ1) is 26.3. The molecule has 3 rings (SSSR count). The summed E-state index contributed by atoms with van der Waals surface area (Å²) in [5.74, 6) is -1.18. The summed E-state index contributed by atoms with van der Waals surface area (Å²) in [6, 6.07) is 13.0. The Kier molecular flexibility index (Phi) is 8.26. The number of carbonyl (C=O) groups excluding carboxylic acids is 1. The molecular formula is C24H22Cl2N2O6S. The highest BCUT2D eigenvalue weighted by Gasteiger charge is 2.20. The Morgan fingerprint density at radius 2 is 1.77 bits per heavy atom. The number of aryl methyl sites for hydroxylation is 1. The summed E-state index contributed by atoms with van der Waals surface area (Å²) in [5.41, 5.74) is 1.31. The van der Waals surface area contributed by atoms with Gasteiger partial charge in [0, 0.05) is 22.2 Å². The molecule has 0 spiro atoms. The summed E-state index contributed by atoms with van der Waals surface area (Å²) >= 11 is 12.2. The van der Waals surface area contributed by atoms with Crippen molar-refractivity contribution in [3.8, 4) is 11.5 Å². The van der Waals surface area contributed by atoms with E-state index in [0.29, 0.717) is 17.7 Å². The number of halogens is 2. The first-order valence-corrected chi connectivity index (χ1v) is 12.6. The van der Waals surface area contributed by atoms with E-state index >= 15 is 0 Å². The van der Waals surface area contributed by atoms with E-state index in [1.54, 1.807) is 19.9 Å². The molecular weight excluding hydrogens is 515 g/mol. The smallest absolute Gasteiger partial charge is 0.307 e. The highest BCUT2D eigenvalue weighted by atomic mass is 35.5. The Hall–Kier alpha value is -3.27. The first-order chi connectivity index (χ1) is 16.5. The molecule has 1 amide bonds. The number of carboxylic acids is 1. The van der Waals surface area contributed by atoms with Crippen molar-refractivity contribution >= 4 is 50.8 Å². The number of carboxylic acid groups (broad SMARTS) is 1. The molecule has 3 N–H and O–H groups in total. The third kappa shape index (κ3) is 6.88. The molecule has 35 heavy (non-hydrogen) atoms. The molecule has 0 aromatic heterocycles. The summed E-state index contributed by atoms with van der Waals surface area (Å²) in [7, 11) is -4.10. The lowest BCUT2D eigenvalue weighted by Crippen LogP contribution is -2.23. The van der Waals surface area contributed by atoms with Gasteiger partial charge in [-0.1, -0.05) is 29.3 Å². The molecule has 0 saturated heterocycles. The number of benzene rings is 3. The van der Waals surface area contributed by atoms with Crippen molar-refractivity contribution in [3.05, 3.63) is 81.3 Å². The highest BCUT2D eigenvalue weighted by Crippen LogP contribution is 2.34. The fourth-order valence-corrected chi connectivity index (χ4v) is 4.71. The molecule has 184 valence electrons. The fraction of sp³-hybridized carbons (Fsp3) is 0.167. The quantitative estimate of drug-likeness (QED) is 0.342. The average Bonchev–Trinajstić information content (AvgIpc) is 2.75. The van der Waals surface area contributed by atoms with Gasteiger partial charge in [-0.05, 0) is 73.5 Å². The lowest BCUT2D eigenvalue weighted by Gasteiger charge is -2.16. The Morgan fingerprint density at radius 1 is 1.03 bits per heavy atom. The molecule has 3 aromatic carbocycles. The fourth-order valence-electron chi connectivity index (χ4n) is 3.13. The van der Waals surface area contributed by atoms with Gasteiger partial charge < -0.3 is 15.2 Å². The number of hydrogen-bond acceptors (Lipinski definition) is 5. The molecule has 0 aliphatic rings. The van der Waals surface area contributed by atoms with E-state index in [9.17, 15) is 18.0 Å². The molecule has 0 fully saturated rings. The SMILES string of the molecule is CCNC(=O)c1ccc(Oc2cc(Cl)cc(CC(=O)O)c2)c(NS(=O)(=O)c2ccc(C)c(Cl)c2)c1. The summed E-state index contributed by atoms with van der Waals surface area (Å²) in [4.78, 5) is 23.4. The number of hydrogen-bond donors (Lipinski definition) is 3. The monoisotopic (exact) mass is 536 g/mol. The molecule has 3 aromatic rings. The number of anilines is 1. The van der Waals surface area contributed by atoms with Gasteiger partial charge in [-0.3, -0.25) is 14.3 Å². The number of rotatable bonds is 9. The third-order valence-corrected chi connectivity index (χ3v) is 6.78. The van der Waals surface area contributed by atoms with Crippen LogP contribution < -0.4 is 14.8 Å². The molecule has 11 heteroatoms. The molecule has 0 saturated carbocycles. The molecule has 8 nitrogen and oxygen atoms in total. The van der Waals surface area contributed by atoms with Crippen LogP contribution in [-0.4, -0.2) is 31.9 Å². The van der Waals surface area contributed by atoms with Crippen LogP contribution in [0.25, 0.3) is 0 Å². The second-order valence-electron chi connectivity index (χ2n) is 7.55. The van der Waals surface area contributed by atoms with Crippen LogP contribution in [0, 0.1) is 6.92 Å². The Labute approximate surface area is 212 Å².